The number of rotatable bonds is 6. The summed E-state index contributed by atoms with van der Waals surface area (Å²) in [4.78, 5) is 3.86. The van der Waals surface area contributed by atoms with E-state index in [9.17, 15) is 0 Å². The molecule has 0 spiro atoms. The van der Waals surface area contributed by atoms with Gasteiger partial charge in [0.2, 0.25) is 0 Å². The van der Waals surface area contributed by atoms with Crippen molar-refractivity contribution < 1.29 is 0 Å². The quantitative estimate of drug-likeness (QED) is 0.405. The molecule has 1 fully saturated rings. The molecule has 0 bridgehead atoms. The second-order valence-corrected chi connectivity index (χ2v) is 11.6. The van der Waals surface area contributed by atoms with E-state index >= 15 is 0 Å². The Morgan fingerprint density at radius 1 is 0.655 bits per heavy atom. The topological polar surface area (TPSA) is 3.24 Å². The van der Waals surface area contributed by atoms with E-state index in [4.69, 9.17) is 0 Å². The standard InChI is InChI=1S/C27H29NS/c1-4-22-8-12-24(13-9-22)28(25-14-10-23(5-2)11-15-25)26-16-18-27(19-17-26)29(3)20-6-7-21-29/h4-5,8-19H,1-2,6-7,20-21H2,3H3. The Hall–Kier alpha value is -2.71. The van der Waals surface area contributed by atoms with Crippen molar-refractivity contribution in [1.82, 2.24) is 0 Å². The van der Waals surface area contributed by atoms with Gasteiger partial charge in [0.1, 0.15) is 0 Å². The molecule has 1 saturated heterocycles. The molecule has 29 heavy (non-hydrogen) atoms. The molecular formula is C27H29NS. The van der Waals surface area contributed by atoms with Crippen molar-refractivity contribution in [2.24, 2.45) is 0 Å². The van der Waals surface area contributed by atoms with Crippen LogP contribution in [0.5, 0.6) is 0 Å². The molecule has 0 saturated carbocycles. The van der Waals surface area contributed by atoms with Crippen molar-refractivity contribution in [3.8, 4) is 0 Å². The van der Waals surface area contributed by atoms with Crippen LogP contribution in [0.4, 0.5) is 17.1 Å². The van der Waals surface area contributed by atoms with Gasteiger partial charge >= 0.3 is 0 Å². The molecule has 0 aromatic heterocycles. The summed E-state index contributed by atoms with van der Waals surface area (Å²) in [5.41, 5.74) is 5.74. The molecule has 0 unspecified atom stereocenters. The number of hydrogen-bond donors (Lipinski definition) is 0. The molecule has 0 radical (unpaired) electrons. The van der Waals surface area contributed by atoms with E-state index in [1.807, 2.05) is 12.2 Å². The second kappa shape index (κ2) is 8.34. The van der Waals surface area contributed by atoms with Crippen LogP contribution in [0.1, 0.15) is 24.0 Å². The minimum Gasteiger partial charge on any atom is -0.311 e. The Morgan fingerprint density at radius 2 is 1.03 bits per heavy atom. The van der Waals surface area contributed by atoms with E-state index in [1.54, 1.807) is 4.90 Å². The van der Waals surface area contributed by atoms with Gasteiger partial charge in [-0.25, -0.2) is 10.0 Å². The molecule has 1 aliphatic rings. The van der Waals surface area contributed by atoms with Crippen molar-refractivity contribution in [1.29, 1.82) is 0 Å². The van der Waals surface area contributed by atoms with Crippen molar-refractivity contribution >= 4 is 39.2 Å². The Bertz CT molecular complexity index is 927. The normalized spacial score (nSPS) is 16.2. The lowest BCUT2D eigenvalue weighted by Gasteiger charge is -2.32. The van der Waals surface area contributed by atoms with Gasteiger partial charge in [0.05, 0.1) is 0 Å². The highest BCUT2D eigenvalue weighted by Gasteiger charge is 2.25. The molecule has 1 aliphatic heterocycles. The zero-order chi connectivity index (χ0) is 20.3. The fourth-order valence-electron chi connectivity index (χ4n) is 4.07. The van der Waals surface area contributed by atoms with Crippen molar-refractivity contribution in [3.63, 3.8) is 0 Å². The van der Waals surface area contributed by atoms with Gasteiger partial charge in [-0.2, -0.15) is 0 Å². The lowest BCUT2D eigenvalue weighted by Crippen LogP contribution is -2.10. The highest BCUT2D eigenvalue weighted by atomic mass is 32.3. The van der Waals surface area contributed by atoms with E-state index in [0.717, 1.165) is 22.5 Å². The molecule has 0 N–H and O–H groups in total. The predicted molar refractivity (Wildman–Crippen MR) is 132 cm³/mol. The third-order valence-corrected chi connectivity index (χ3v) is 9.67. The van der Waals surface area contributed by atoms with Gasteiger partial charge in [0.15, 0.2) is 0 Å². The Labute approximate surface area is 176 Å². The molecule has 3 aromatic rings. The largest absolute Gasteiger partial charge is 0.311 e. The van der Waals surface area contributed by atoms with Gasteiger partial charge in [-0.15, -0.1) is 0 Å². The molecule has 1 nitrogen and oxygen atoms in total. The maximum absolute atomic E-state index is 3.87. The molecule has 0 atom stereocenters. The van der Waals surface area contributed by atoms with Gasteiger partial charge in [-0.3, -0.25) is 0 Å². The summed E-state index contributed by atoms with van der Waals surface area (Å²) in [6.45, 7) is 7.75. The summed E-state index contributed by atoms with van der Waals surface area (Å²) in [6.07, 6.45) is 9.02. The number of anilines is 3. The van der Waals surface area contributed by atoms with Crippen molar-refractivity contribution in [2.75, 3.05) is 22.7 Å². The summed E-state index contributed by atoms with van der Waals surface area (Å²) >= 11 is 0. The molecule has 2 heteroatoms. The zero-order valence-electron chi connectivity index (χ0n) is 17.2. The van der Waals surface area contributed by atoms with E-state index in [-0.39, 0.29) is 0 Å². The fourth-order valence-corrected chi connectivity index (χ4v) is 7.22. The summed E-state index contributed by atoms with van der Waals surface area (Å²) in [6, 6.07) is 26.4. The van der Waals surface area contributed by atoms with Crippen LogP contribution in [0.15, 0.2) is 90.8 Å². The van der Waals surface area contributed by atoms with Crippen LogP contribution in [-0.2, 0) is 0 Å². The van der Waals surface area contributed by atoms with Crippen molar-refractivity contribution in [2.45, 2.75) is 17.7 Å². The van der Waals surface area contributed by atoms with Gasteiger partial charge in [0.25, 0.3) is 0 Å². The first-order chi connectivity index (χ1) is 14.1. The molecule has 4 rings (SSSR count). The monoisotopic (exact) mass is 399 g/mol. The first kappa shape index (κ1) is 19.6. The molecule has 1 heterocycles. The summed E-state index contributed by atoms with van der Waals surface area (Å²) in [5.74, 6) is 2.75. The van der Waals surface area contributed by atoms with E-state index in [2.05, 4.69) is 97.1 Å². The van der Waals surface area contributed by atoms with Gasteiger partial charge in [0, 0.05) is 17.1 Å². The summed E-state index contributed by atoms with van der Waals surface area (Å²) in [5, 5.41) is 0. The predicted octanol–water partition coefficient (Wildman–Crippen LogP) is 8.03. The molecule has 0 aliphatic carbocycles. The number of benzene rings is 3. The van der Waals surface area contributed by atoms with E-state index in [0.29, 0.717) is 0 Å². The Kier molecular flexibility index (Phi) is 5.64. The van der Waals surface area contributed by atoms with Crippen LogP contribution in [0, 0.1) is 0 Å². The van der Waals surface area contributed by atoms with E-state index in [1.165, 1.54) is 30.0 Å². The van der Waals surface area contributed by atoms with Crippen LogP contribution < -0.4 is 4.90 Å². The molecule has 3 aromatic carbocycles. The van der Waals surface area contributed by atoms with Crippen LogP contribution in [0.25, 0.3) is 12.2 Å². The third-order valence-electron chi connectivity index (χ3n) is 5.88. The number of nitrogens with zero attached hydrogens (tertiary/aromatic N) is 1. The van der Waals surface area contributed by atoms with E-state index < -0.39 is 10.0 Å². The number of hydrogen-bond acceptors (Lipinski definition) is 1. The minimum atomic E-state index is -0.613. The summed E-state index contributed by atoms with van der Waals surface area (Å²) < 4.78 is 0. The average Bonchev–Trinajstić information content (AvgIpc) is 3.23. The van der Waals surface area contributed by atoms with Gasteiger partial charge in [-0.05, 0) is 95.2 Å². The second-order valence-electron chi connectivity index (χ2n) is 7.81. The average molecular weight is 400 g/mol. The van der Waals surface area contributed by atoms with Crippen molar-refractivity contribution in [3.05, 3.63) is 97.1 Å². The van der Waals surface area contributed by atoms with Gasteiger partial charge < -0.3 is 4.90 Å². The minimum absolute atomic E-state index is 0.613. The Balaban J connectivity index is 1.74. The lowest BCUT2D eigenvalue weighted by molar-refractivity contribution is 0.949. The SMILES string of the molecule is C=Cc1ccc(N(c2ccc(C=C)cc2)c2ccc(S3(C)CCCC3)cc2)cc1. The fraction of sp³-hybridized carbons (Fsp3) is 0.185. The van der Waals surface area contributed by atoms with Crippen LogP contribution in [0.2, 0.25) is 0 Å². The summed E-state index contributed by atoms with van der Waals surface area (Å²) in [7, 11) is -0.613. The third kappa shape index (κ3) is 4.04. The Morgan fingerprint density at radius 3 is 1.41 bits per heavy atom. The first-order valence-electron chi connectivity index (χ1n) is 10.2. The smallest absolute Gasteiger partial charge is 0.0462 e. The van der Waals surface area contributed by atoms with Crippen LogP contribution >= 0.6 is 10.0 Å². The van der Waals surface area contributed by atoms with Crippen LogP contribution in [0.3, 0.4) is 0 Å². The zero-order valence-corrected chi connectivity index (χ0v) is 18.0. The molecule has 0 amide bonds. The van der Waals surface area contributed by atoms with Gasteiger partial charge in [-0.1, -0.05) is 49.6 Å². The van der Waals surface area contributed by atoms with Crippen LogP contribution in [-0.4, -0.2) is 17.8 Å². The lowest BCUT2D eigenvalue weighted by atomic mass is 10.1. The highest BCUT2D eigenvalue weighted by Crippen LogP contribution is 2.57. The highest BCUT2D eigenvalue weighted by molar-refractivity contribution is 8.33. The molecule has 148 valence electrons. The first-order valence-corrected chi connectivity index (χ1v) is 12.6. The maximum Gasteiger partial charge on any atom is 0.0462 e. The molecular weight excluding hydrogens is 370 g/mol. The maximum atomic E-state index is 3.87.